The van der Waals surface area contributed by atoms with E-state index in [9.17, 15) is 8.42 Å². The molecule has 29 heavy (non-hydrogen) atoms. The molecule has 0 saturated carbocycles. The highest BCUT2D eigenvalue weighted by atomic mass is 32.2. The lowest BCUT2D eigenvalue weighted by Gasteiger charge is -2.33. The van der Waals surface area contributed by atoms with Gasteiger partial charge in [-0.1, -0.05) is 26.8 Å². The maximum atomic E-state index is 12.8. The van der Waals surface area contributed by atoms with Gasteiger partial charge in [-0.05, 0) is 37.0 Å². The van der Waals surface area contributed by atoms with Gasteiger partial charge < -0.3 is 9.32 Å². The molecule has 0 spiro atoms. The van der Waals surface area contributed by atoms with Crippen LogP contribution in [0.1, 0.15) is 20.8 Å². The Hall–Kier alpha value is -1.59. The van der Waals surface area contributed by atoms with Gasteiger partial charge in [0, 0.05) is 44.8 Å². The van der Waals surface area contributed by atoms with Crippen molar-refractivity contribution in [3.05, 3.63) is 29.1 Å². The zero-order valence-corrected chi connectivity index (χ0v) is 18.9. The van der Waals surface area contributed by atoms with Crippen LogP contribution in [0.15, 0.2) is 33.6 Å². The lowest BCUT2D eigenvalue weighted by Crippen LogP contribution is -2.46. The highest BCUT2D eigenvalue weighted by Crippen LogP contribution is 2.23. The number of likely N-dealkylation sites (N-methyl/N-ethyl adjacent to an activating group) is 1. The normalized spacial score (nSPS) is 16.6. The van der Waals surface area contributed by atoms with Crippen molar-refractivity contribution in [2.75, 3.05) is 45.8 Å². The minimum atomic E-state index is -3.55. The summed E-state index contributed by atoms with van der Waals surface area (Å²) in [6.45, 7) is 12.3. The quantitative estimate of drug-likeness (QED) is 0.585. The number of hydrogen-bond donors (Lipinski definition) is 0. The molecule has 10 heteroatoms. The molecule has 0 bridgehead atoms. The van der Waals surface area contributed by atoms with Gasteiger partial charge in [0.15, 0.2) is 0 Å². The monoisotopic (exact) mass is 439 g/mol. The van der Waals surface area contributed by atoms with E-state index in [1.54, 1.807) is 28.9 Å². The molecule has 1 aromatic carbocycles. The van der Waals surface area contributed by atoms with Crippen LogP contribution in [-0.4, -0.2) is 78.1 Å². The molecule has 1 fully saturated rings. The van der Waals surface area contributed by atoms with Crippen LogP contribution in [0.25, 0.3) is 11.5 Å². The number of rotatable bonds is 8. The fourth-order valence-corrected chi connectivity index (χ4v) is 5.13. The molecule has 160 valence electrons. The first-order valence-corrected chi connectivity index (χ1v) is 11.9. The fraction of sp³-hybridized carbons (Fsp3) is 0.579. The van der Waals surface area contributed by atoms with Crippen LogP contribution in [-0.2, 0) is 16.7 Å². The van der Waals surface area contributed by atoms with Gasteiger partial charge in [0.1, 0.15) is 0 Å². The SMILES string of the molecule is CCN1CCN(Cn2nc(-c3cccc(S(=O)(=O)N(CC)CC)c3)oc2=S)CC1. The van der Waals surface area contributed by atoms with Crippen molar-refractivity contribution in [2.45, 2.75) is 32.3 Å². The lowest BCUT2D eigenvalue weighted by molar-refractivity contribution is 0.105. The van der Waals surface area contributed by atoms with Crippen LogP contribution in [0.3, 0.4) is 0 Å². The molecule has 8 nitrogen and oxygen atoms in total. The minimum Gasteiger partial charge on any atom is -0.409 e. The third-order valence-corrected chi connectivity index (χ3v) is 7.62. The summed E-state index contributed by atoms with van der Waals surface area (Å²) in [6.07, 6.45) is 0. The molecule has 0 amide bonds. The molecule has 0 atom stereocenters. The van der Waals surface area contributed by atoms with E-state index in [1.807, 2.05) is 13.8 Å². The predicted molar refractivity (Wildman–Crippen MR) is 115 cm³/mol. The topological polar surface area (TPSA) is 74.8 Å². The van der Waals surface area contributed by atoms with Crippen molar-refractivity contribution in [1.82, 2.24) is 23.9 Å². The van der Waals surface area contributed by atoms with Gasteiger partial charge in [-0.15, -0.1) is 5.10 Å². The average molecular weight is 440 g/mol. The van der Waals surface area contributed by atoms with Gasteiger partial charge in [-0.2, -0.15) is 4.31 Å². The van der Waals surface area contributed by atoms with Crippen molar-refractivity contribution in [1.29, 1.82) is 0 Å². The van der Waals surface area contributed by atoms with Gasteiger partial charge in [-0.25, -0.2) is 13.1 Å². The number of benzene rings is 1. The molecule has 0 aliphatic carbocycles. The van der Waals surface area contributed by atoms with Gasteiger partial charge in [0.05, 0.1) is 11.6 Å². The van der Waals surface area contributed by atoms with Gasteiger partial charge in [-0.3, -0.25) is 4.90 Å². The summed E-state index contributed by atoms with van der Waals surface area (Å²) in [7, 11) is -3.55. The van der Waals surface area contributed by atoms with E-state index in [0.717, 1.165) is 32.7 Å². The molecule has 0 N–H and O–H groups in total. The maximum absolute atomic E-state index is 12.8. The van der Waals surface area contributed by atoms with Crippen LogP contribution in [0.5, 0.6) is 0 Å². The molecule has 1 aliphatic heterocycles. The molecular weight excluding hydrogens is 410 g/mol. The highest BCUT2D eigenvalue weighted by molar-refractivity contribution is 7.89. The first kappa shape index (κ1) is 22.1. The zero-order chi connectivity index (χ0) is 21.0. The van der Waals surface area contributed by atoms with Crippen LogP contribution < -0.4 is 0 Å². The van der Waals surface area contributed by atoms with Crippen LogP contribution in [0, 0.1) is 4.84 Å². The average Bonchev–Trinajstić information content (AvgIpc) is 3.10. The first-order chi connectivity index (χ1) is 13.9. The van der Waals surface area contributed by atoms with Crippen molar-refractivity contribution < 1.29 is 12.8 Å². The van der Waals surface area contributed by atoms with E-state index in [4.69, 9.17) is 16.6 Å². The Kier molecular flexibility index (Phi) is 7.23. The molecule has 1 saturated heterocycles. The van der Waals surface area contributed by atoms with E-state index < -0.39 is 10.0 Å². The van der Waals surface area contributed by atoms with E-state index in [2.05, 4.69) is 21.8 Å². The van der Waals surface area contributed by atoms with Crippen LogP contribution in [0.4, 0.5) is 0 Å². The van der Waals surface area contributed by atoms with Crippen LogP contribution in [0.2, 0.25) is 0 Å². The minimum absolute atomic E-state index is 0.227. The van der Waals surface area contributed by atoms with E-state index in [1.165, 1.54) is 4.31 Å². The maximum Gasteiger partial charge on any atom is 0.288 e. The Morgan fingerprint density at radius 3 is 2.38 bits per heavy atom. The number of hydrogen-bond acceptors (Lipinski definition) is 7. The summed E-state index contributed by atoms with van der Waals surface area (Å²) in [5.41, 5.74) is 0.596. The number of nitrogens with zero attached hydrogens (tertiary/aromatic N) is 5. The fourth-order valence-electron chi connectivity index (χ4n) is 3.45. The van der Waals surface area contributed by atoms with Gasteiger partial charge in [0.2, 0.25) is 15.9 Å². The number of piperazine rings is 1. The summed E-state index contributed by atoms with van der Waals surface area (Å²) in [6, 6.07) is 6.67. The van der Waals surface area contributed by atoms with E-state index in [0.29, 0.717) is 31.2 Å². The second-order valence-electron chi connectivity index (χ2n) is 6.98. The Balaban J connectivity index is 1.80. The molecule has 1 aliphatic rings. The molecule has 1 aromatic heterocycles. The van der Waals surface area contributed by atoms with Crippen LogP contribution >= 0.6 is 12.2 Å². The Morgan fingerprint density at radius 2 is 1.76 bits per heavy atom. The van der Waals surface area contributed by atoms with Crippen molar-refractivity contribution in [3.63, 3.8) is 0 Å². The Labute approximate surface area is 177 Å². The van der Waals surface area contributed by atoms with Gasteiger partial charge in [0.25, 0.3) is 4.84 Å². The zero-order valence-electron chi connectivity index (χ0n) is 17.2. The van der Waals surface area contributed by atoms with E-state index >= 15 is 0 Å². The summed E-state index contributed by atoms with van der Waals surface area (Å²) >= 11 is 5.34. The Bertz CT molecular complexity index is 974. The molecule has 0 radical (unpaired) electrons. The lowest BCUT2D eigenvalue weighted by atomic mass is 10.2. The van der Waals surface area contributed by atoms with Crippen molar-refractivity contribution >= 4 is 22.2 Å². The smallest absolute Gasteiger partial charge is 0.288 e. The third-order valence-electron chi connectivity index (χ3n) is 5.28. The first-order valence-electron chi connectivity index (χ1n) is 10.0. The third kappa shape index (κ3) is 4.95. The Morgan fingerprint density at radius 1 is 1.10 bits per heavy atom. The molecule has 0 unspecified atom stereocenters. The second kappa shape index (κ2) is 9.48. The number of aromatic nitrogens is 2. The molecular formula is C19H29N5O3S2. The highest BCUT2D eigenvalue weighted by Gasteiger charge is 2.23. The summed E-state index contributed by atoms with van der Waals surface area (Å²) < 4.78 is 34.4. The summed E-state index contributed by atoms with van der Waals surface area (Å²) in [4.78, 5) is 5.21. The van der Waals surface area contributed by atoms with Gasteiger partial charge >= 0.3 is 0 Å². The molecule has 2 aromatic rings. The number of sulfonamides is 1. The second-order valence-corrected chi connectivity index (χ2v) is 9.27. The predicted octanol–water partition coefficient (Wildman–Crippen LogP) is 2.50. The standard InChI is InChI=1S/C19H29N5O3S2/c1-4-21-10-12-22(13-11-21)15-24-19(28)27-18(20-24)16-8-7-9-17(14-16)29(25,26)23(5-2)6-3/h7-9,14H,4-6,10-13,15H2,1-3H3. The van der Waals surface area contributed by atoms with Crippen molar-refractivity contribution in [2.24, 2.45) is 0 Å². The van der Waals surface area contributed by atoms with Crippen molar-refractivity contribution in [3.8, 4) is 11.5 Å². The molecule has 3 rings (SSSR count). The van der Waals surface area contributed by atoms with E-state index in [-0.39, 0.29) is 9.73 Å². The molecule has 2 heterocycles. The summed E-state index contributed by atoms with van der Waals surface area (Å²) in [5, 5.41) is 4.50. The largest absolute Gasteiger partial charge is 0.409 e. The summed E-state index contributed by atoms with van der Waals surface area (Å²) in [5.74, 6) is 0.332.